The van der Waals surface area contributed by atoms with Crippen LogP contribution >= 0.6 is 0 Å². The van der Waals surface area contributed by atoms with Crippen LogP contribution in [0.5, 0.6) is 0 Å². The van der Waals surface area contributed by atoms with Gasteiger partial charge in [0.25, 0.3) is 0 Å². The highest BCUT2D eigenvalue weighted by molar-refractivity contribution is 5.71. The van der Waals surface area contributed by atoms with Gasteiger partial charge in [-0.3, -0.25) is 9.59 Å². The minimum absolute atomic E-state index is 0.0890. The molecule has 0 aromatic carbocycles. The lowest BCUT2D eigenvalue weighted by molar-refractivity contribution is -0.146. The number of ether oxygens (including phenoxy) is 2. The molecule has 0 unspecified atom stereocenters. The topological polar surface area (TPSA) is 64.6 Å². The van der Waals surface area contributed by atoms with Gasteiger partial charge in [-0.05, 0) is 33.7 Å². The second-order valence-corrected chi connectivity index (χ2v) is 3.62. The maximum absolute atomic E-state index is 11.1. The molecule has 0 fully saturated rings. The number of hydrogen-bond donors (Lipinski definition) is 1. The van der Waals surface area contributed by atoms with Crippen molar-refractivity contribution < 1.29 is 19.1 Å². The van der Waals surface area contributed by atoms with Crippen LogP contribution in [0.1, 0.15) is 33.6 Å². The fraction of sp³-hybridized carbons (Fsp3) is 0.818. The van der Waals surface area contributed by atoms with Crippen molar-refractivity contribution in [3.05, 3.63) is 0 Å². The van der Waals surface area contributed by atoms with E-state index in [-0.39, 0.29) is 24.6 Å². The van der Waals surface area contributed by atoms with E-state index in [0.29, 0.717) is 26.0 Å². The van der Waals surface area contributed by atoms with Gasteiger partial charge in [-0.15, -0.1) is 0 Å². The standard InChI is InChI=1S/C11H21NO4/c1-4-15-10(13)6-5-7-12-8-11(14)16-9(2)3/h9,12H,4-8H2,1-3H3. The van der Waals surface area contributed by atoms with Gasteiger partial charge in [0.2, 0.25) is 0 Å². The van der Waals surface area contributed by atoms with Crippen molar-refractivity contribution in [2.45, 2.75) is 39.7 Å². The first-order valence-corrected chi connectivity index (χ1v) is 5.62. The quantitative estimate of drug-likeness (QED) is 0.496. The maximum atomic E-state index is 11.1. The van der Waals surface area contributed by atoms with Gasteiger partial charge < -0.3 is 14.8 Å². The number of carbonyl (C=O) groups is 2. The molecule has 0 atom stereocenters. The summed E-state index contributed by atoms with van der Waals surface area (Å²) < 4.78 is 9.69. The molecule has 0 saturated carbocycles. The number of carbonyl (C=O) groups excluding carboxylic acids is 2. The molecule has 94 valence electrons. The molecule has 16 heavy (non-hydrogen) atoms. The lowest BCUT2D eigenvalue weighted by atomic mass is 10.3. The smallest absolute Gasteiger partial charge is 0.320 e. The van der Waals surface area contributed by atoms with Crippen LogP contribution in [0, 0.1) is 0 Å². The highest BCUT2D eigenvalue weighted by atomic mass is 16.5. The van der Waals surface area contributed by atoms with Crippen LogP contribution in [0.3, 0.4) is 0 Å². The van der Waals surface area contributed by atoms with E-state index in [9.17, 15) is 9.59 Å². The molecule has 0 aliphatic carbocycles. The molecular formula is C11H21NO4. The van der Waals surface area contributed by atoms with Crippen molar-refractivity contribution in [3.63, 3.8) is 0 Å². The van der Waals surface area contributed by atoms with Gasteiger partial charge in [0.1, 0.15) is 0 Å². The molecule has 5 nitrogen and oxygen atoms in total. The number of rotatable bonds is 8. The average molecular weight is 231 g/mol. The zero-order chi connectivity index (χ0) is 12.4. The molecule has 0 bridgehead atoms. The molecule has 0 aliphatic rings. The van der Waals surface area contributed by atoms with Crippen LogP contribution in [0.2, 0.25) is 0 Å². The Morgan fingerprint density at radius 1 is 1.25 bits per heavy atom. The summed E-state index contributed by atoms with van der Waals surface area (Å²) in [6.45, 7) is 6.58. The summed E-state index contributed by atoms with van der Waals surface area (Å²) in [7, 11) is 0. The third-order valence-electron chi connectivity index (χ3n) is 1.68. The van der Waals surface area contributed by atoms with E-state index in [0.717, 1.165) is 0 Å². The van der Waals surface area contributed by atoms with E-state index in [2.05, 4.69) is 5.32 Å². The first-order valence-electron chi connectivity index (χ1n) is 5.62. The van der Waals surface area contributed by atoms with Crippen LogP contribution in [-0.2, 0) is 19.1 Å². The SMILES string of the molecule is CCOC(=O)CCCNCC(=O)OC(C)C. The number of hydrogen-bond acceptors (Lipinski definition) is 5. The average Bonchev–Trinajstić information content (AvgIpc) is 2.16. The van der Waals surface area contributed by atoms with Crippen molar-refractivity contribution in [1.82, 2.24) is 5.32 Å². The van der Waals surface area contributed by atoms with Gasteiger partial charge in [-0.25, -0.2) is 0 Å². The minimum Gasteiger partial charge on any atom is -0.466 e. The predicted octanol–water partition coefficient (Wildman–Crippen LogP) is 0.871. The van der Waals surface area contributed by atoms with E-state index in [4.69, 9.17) is 9.47 Å². The molecule has 0 aliphatic heterocycles. The zero-order valence-corrected chi connectivity index (χ0v) is 10.2. The molecule has 0 radical (unpaired) electrons. The minimum atomic E-state index is -0.272. The van der Waals surface area contributed by atoms with Crippen molar-refractivity contribution >= 4 is 11.9 Å². The van der Waals surface area contributed by atoms with Crippen molar-refractivity contribution in [2.75, 3.05) is 19.7 Å². The van der Waals surface area contributed by atoms with E-state index < -0.39 is 0 Å². The monoisotopic (exact) mass is 231 g/mol. The van der Waals surface area contributed by atoms with Crippen LogP contribution < -0.4 is 5.32 Å². The van der Waals surface area contributed by atoms with Gasteiger partial charge >= 0.3 is 11.9 Å². The van der Waals surface area contributed by atoms with Gasteiger partial charge in [-0.2, -0.15) is 0 Å². The van der Waals surface area contributed by atoms with Gasteiger partial charge in [0.15, 0.2) is 0 Å². The first kappa shape index (κ1) is 14.9. The Morgan fingerprint density at radius 2 is 1.94 bits per heavy atom. The van der Waals surface area contributed by atoms with Crippen LogP contribution in [0.15, 0.2) is 0 Å². The second-order valence-electron chi connectivity index (χ2n) is 3.62. The molecule has 0 rings (SSSR count). The third-order valence-corrected chi connectivity index (χ3v) is 1.68. The first-order chi connectivity index (χ1) is 7.56. The highest BCUT2D eigenvalue weighted by Crippen LogP contribution is 1.92. The second kappa shape index (κ2) is 9.15. The summed E-state index contributed by atoms with van der Waals surface area (Å²) in [6.07, 6.45) is 0.947. The van der Waals surface area contributed by atoms with Crippen molar-refractivity contribution in [3.8, 4) is 0 Å². The predicted molar refractivity (Wildman–Crippen MR) is 60.0 cm³/mol. The maximum Gasteiger partial charge on any atom is 0.320 e. The Labute approximate surface area is 96.5 Å². The van der Waals surface area contributed by atoms with Gasteiger partial charge in [0.05, 0.1) is 19.3 Å². The molecule has 0 amide bonds. The molecule has 0 heterocycles. The van der Waals surface area contributed by atoms with E-state index in [1.165, 1.54) is 0 Å². The summed E-state index contributed by atoms with van der Waals surface area (Å²) in [5.41, 5.74) is 0. The molecule has 5 heteroatoms. The van der Waals surface area contributed by atoms with Gasteiger partial charge in [-0.1, -0.05) is 0 Å². The number of nitrogens with one attached hydrogen (secondary N) is 1. The Morgan fingerprint density at radius 3 is 2.50 bits per heavy atom. The zero-order valence-electron chi connectivity index (χ0n) is 10.2. The summed E-state index contributed by atoms with van der Waals surface area (Å²) >= 11 is 0. The Hall–Kier alpha value is -1.10. The van der Waals surface area contributed by atoms with Crippen LogP contribution in [0.25, 0.3) is 0 Å². The highest BCUT2D eigenvalue weighted by Gasteiger charge is 2.05. The molecule has 0 aromatic heterocycles. The van der Waals surface area contributed by atoms with E-state index >= 15 is 0 Å². The van der Waals surface area contributed by atoms with Crippen molar-refractivity contribution in [2.24, 2.45) is 0 Å². The molecule has 0 saturated heterocycles. The Bertz CT molecular complexity index is 216. The lowest BCUT2D eigenvalue weighted by Crippen LogP contribution is -2.27. The normalized spacial score (nSPS) is 10.2. The van der Waals surface area contributed by atoms with E-state index in [1.807, 2.05) is 0 Å². The van der Waals surface area contributed by atoms with Crippen LogP contribution in [0.4, 0.5) is 0 Å². The molecule has 1 N–H and O–H groups in total. The number of esters is 2. The summed E-state index contributed by atoms with van der Waals surface area (Å²) in [5.74, 6) is -0.472. The third kappa shape index (κ3) is 9.45. The Kier molecular flexibility index (Phi) is 8.52. The largest absolute Gasteiger partial charge is 0.466 e. The molecule has 0 spiro atoms. The van der Waals surface area contributed by atoms with E-state index in [1.54, 1.807) is 20.8 Å². The summed E-state index contributed by atoms with van der Waals surface area (Å²) in [4.78, 5) is 22.0. The lowest BCUT2D eigenvalue weighted by Gasteiger charge is -2.08. The van der Waals surface area contributed by atoms with Crippen molar-refractivity contribution in [1.29, 1.82) is 0 Å². The Balaban J connectivity index is 3.33. The molecular weight excluding hydrogens is 210 g/mol. The fourth-order valence-corrected chi connectivity index (χ4v) is 1.09. The van der Waals surface area contributed by atoms with Crippen LogP contribution in [-0.4, -0.2) is 37.7 Å². The van der Waals surface area contributed by atoms with Gasteiger partial charge in [0, 0.05) is 6.42 Å². The summed E-state index contributed by atoms with van der Waals surface area (Å²) in [5, 5.41) is 2.91. The summed E-state index contributed by atoms with van der Waals surface area (Å²) in [6, 6.07) is 0. The fourth-order valence-electron chi connectivity index (χ4n) is 1.09. The molecule has 0 aromatic rings.